The predicted octanol–water partition coefficient (Wildman–Crippen LogP) is 4.49. The van der Waals surface area contributed by atoms with Crippen molar-refractivity contribution in [3.05, 3.63) is 28.8 Å². The summed E-state index contributed by atoms with van der Waals surface area (Å²) in [5.41, 5.74) is 4.46. The van der Waals surface area contributed by atoms with E-state index in [1.807, 2.05) is 0 Å². The Morgan fingerprint density at radius 3 is 2.04 bits per heavy atom. The van der Waals surface area contributed by atoms with E-state index in [4.69, 9.17) is 0 Å². The molecule has 0 unspecified atom stereocenters. The second-order valence-electron chi connectivity index (χ2n) is 8.08. The van der Waals surface area contributed by atoms with Gasteiger partial charge in [0.05, 0.1) is 19.6 Å². The van der Waals surface area contributed by atoms with Gasteiger partial charge in [-0.05, 0) is 64.5 Å². The largest absolute Gasteiger partial charge is 0.320 e. The summed E-state index contributed by atoms with van der Waals surface area (Å²) in [6, 6.07) is 4.34. The molecule has 0 spiro atoms. The summed E-state index contributed by atoms with van der Waals surface area (Å²) in [6.07, 6.45) is 7.16. The van der Waals surface area contributed by atoms with Crippen LogP contribution in [0, 0.1) is 20.8 Å². The number of anilines is 1. The minimum absolute atomic E-state index is 0. The Kier molecular flexibility index (Phi) is 6.90. The van der Waals surface area contributed by atoms with Gasteiger partial charge >= 0.3 is 0 Å². The maximum Gasteiger partial charge on any atom is 0.285 e. The van der Waals surface area contributed by atoms with Crippen LogP contribution in [0.3, 0.4) is 0 Å². The van der Waals surface area contributed by atoms with Gasteiger partial charge in [0.25, 0.3) is 5.91 Å². The molecule has 1 amide bonds. The molecule has 1 aromatic carbocycles. The molecule has 25 heavy (non-hydrogen) atoms. The zero-order valence-corrected chi connectivity index (χ0v) is 19.3. The first-order chi connectivity index (χ1) is 11.4. The Bertz CT molecular complexity index is 608. The smallest absolute Gasteiger partial charge is 0.285 e. The number of carbonyl (C=O) groups excluding carboxylic acids is 1. The molecule has 1 aliphatic carbocycles. The van der Waals surface area contributed by atoms with Crippen molar-refractivity contribution in [2.24, 2.45) is 0 Å². The number of quaternary nitrogens is 1. The number of benzene rings is 1. The SMILES string of the molecule is CC[N+]1(C2(C(=O)Nc3c(C)cc(C)cc3C)CCC2)CCCCC1.[Y]. The van der Waals surface area contributed by atoms with E-state index in [1.54, 1.807) is 0 Å². The molecule has 2 fully saturated rings. The van der Waals surface area contributed by atoms with Crippen molar-refractivity contribution >= 4 is 11.6 Å². The number of nitrogens with zero attached hydrogens (tertiary/aromatic N) is 1. The number of piperidine rings is 1. The summed E-state index contributed by atoms with van der Waals surface area (Å²) in [4.78, 5) is 13.4. The van der Waals surface area contributed by atoms with Gasteiger partial charge in [-0.15, -0.1) is 0 Å². The molecule has 0 bridgehead atoms. The van der Waals surface area contributed by atoms with E-state index in [2.05, 4.69) is 45.1 Å². The maximum atomic E-state index is 13.4. The molecule has 135 valence electrons. The number of likely N-dealkylation sites (tertiary alicyclic amines) is 1. The molecule has 1 aromatic rings. The third-order valence-corrected chi connectivity index (χ3v) is 6.70. The van der Waals surface area contributed by atoms with E-state index in [0.29, 0.717) is 0 Å². The minimum Gasteiger partial charge on any atom is -0.320 e. The molecular formula is C21H33N2OY+. The van der Waals surface area contributed by atoms with Crippen LogP contribution in [-0.4, -0.2) is 35.6 Å². The quantitative estimate of drug-likeness (QED) is 0.718. The standard InChI is InChI=1S/C21H32N2O.Y/c1-5-23(12-7-6-8-13-23)21(10-9-11-21)20(24)22-19-17(3)14-16(2)15-18(19)4;/h14-15H,5-13H2,1-4H3;/p+1. The van der Waals surface area contributed by atoms with E-state index < -0.39 is 0 Å². The van der Waals surface area contributed by atoms with Gasteiger partial charge in [-0.25, -0.2) is 0 Å². The number of hydrogen-bond acceptors (Lipinski definition) is 1. The fourth-order valence-electron chi connectivity index (χ4n) is 5.20. The summed E-state index contributed by atoms with van der Waals surface area (Å²) in [7, 11) is 0. The third-order valence-electron chi connectivity index (χ3n) is 6.70. The van der Waals surface area contributed by atoms with Crippen LogP contribution in [-0.2, 0) is 37.5 Å². The van der Waals surface area contributed by atoms with E-state index in [-0.39, 0.29) is 44.2 Å². The summed E-state index contributed by atoms with van der Waals surface area (Å²) in [5.74, 6) is 0.271. The molecular weight excluding hydrogens is 385 g/mol. The van der Waals surface area contributed by atoms with Gasteiger partial charge in [-0.3, -0.25) is 4.79 Å². The minimum atomic E-state index is -0.182. The summed E-state index contributed by atoms with van der Waals surface area (Å²) < 4.78 is 1.02. The number of nitrogens with one attached hydrogen (secondary N) is 1. The molecule has 1 heterocycles. The second kappa shape index (κ2) is 8.19. The van der Waals surface area contributed by atoms with Crippen molar-refractivity contribution in [2.45, 2.75) is 71.8 Å². The number of carbonyl (C=O) groups is 1. The van der Waals surface area contributed by atoms with Crippen molar-refractivity contribution in [3.63, 3.8) is 0 Å². The van der Waals surface area contributed by atoms with Crippen LogP contribution in [0.25, 0.3) is 0 Å². The monoisotopic (exact) mass is 418 g/mol. The Balaban J connectivity index is 0.00000225. The zero-order valence-electron chi connectivity index (χ0n) is 16.5. The van der Waals surface area contributed by atoms with Gasteiger partial charge in [0.1, 0.15) is 0 Å². The number of aryl methyl sites for hydroxylation is 3. The fourth-order valence-corrected chi connectivity index (χ4v) is 5.20. The molecule has 1 aliphatic heterocycles. The molecule has 1 saturated carbocycles. The maximum absolute atomic E-state index is 13.4. The van der Waals surface area contributed by atoms with Gasteiger partial charge in [0.2, 0.25) is 0 Å². The van der Waals surface area contributed by atoms with Crippen LogP contribution in [0.1, 0.15) is 62.1 Å². The summed E-state index contributed by atoms with van der Waals surface area (Å²) >= 11 is 0. The van der Waals surface area contributed by atoms with Gasteiger partial charge in [0, 0.05) is 51.2 Å². The average Bonchev–Trinajstić information content (AvgIpc) is 2.50. The topological polar surface area (TPSA) is 29.1 Å². The van der Waals surface area contributed by atoms with Gasteiger partial charge in [-0.2, -0.15) is 0 Å². The molecule has 3 rings (SSSR count). The second-order valence-corrected chi connectivity index (χ2v) is 8.08. The van der Waals surface area contributed by atoms with Crippen LogP contribution in [0.4, 0.5) is 5.69 Å². The molecule has 4 heteroatoms. The van der Waals surface area contributed by atoms with Crippen LogP contribution in [0.2, 0.25) is 0 Å². The van der Waals surface area contributed by atoms with Crippen molar-refractivity contribution in [1.82, 2.24) is 0 Å². The first-order valence-corrected chi connectivity index (χ1v) is 9.70. The summed E-state index contributed by atoms with van der Waals surface area (Å²) in [5, 5.41) is 3.35. The molecule has 2 aliphatic rings. The molecule has 0 aromatic heterocycles. The fraction of sp³-hybridized carbons (Fsp3) is 0.667. The van der Waals surface area contributed by atoms with Crippen LogP contribution < -0.4 is 5.32 Å². The Morgan fingerprint density at radius 1 is 1.04 bits per heavy atom. The number of amides is 1. The number of rotatable bonds is 4. The normalized spacial score (nSPS) is 21.0. The average molecular weight is 418 g/mol. The Morgan fingerprint density at radius 2 is 1.60 bits per heavy atom. The van der Waals surface area contributed by atoms with E-state index >= 15 is 0 Å². The number of likely N-dealkylation sites (N-methyl/N-ethyl adjacent to an activating group) is 1. The summed E-state index contributed by atoms with van der Waals surface area (Å²) in [6.45, 7) is 12.0. The molecule has 3 nitrogen and oxygen atoms in total. The van der Waals surface area contributed by atoms with Gasteiger partial charge in [-0.1, -0.05) is 17.7 Å². The van der Waals surface area contributed by atoms with E-state index in [1.165, 1.54) is 55.5 Å². The van der Waals surface area contributed by atoms with E-state index in [0.717, 1.165) is 29.6 Å². The van der Waals surface area contributed by atoms with Crippen molar-refractivity contribution in [1.29, 1.82) is 0 Å². The zero-order chi connectivity index (χ0) is 17.4. The van der Waals surface area contributed by atoms with Crippen LogP contribution in [0.5, 0.6) is 0 Å². The van der Waals surface area contributed by atoms with Crippen molar-refractivity contribution < 1.29 is 42.0 Å². The number of hydrogen-bond donors (Lipinski definition) is 1. The van der Waals surface area contributed by atoms with E-state index in [9.17, 15) is 4.79 Å². The molecule has 0 atom stereocenters. The predicted molar refractivity (Wildman–Crippen MR) is 100 cm³/mol. The Labute approximate surface area is 178 Å². The van der Waals surface area contributed by atoms with Gasteiger partial charge in [0.15, 0.2) is 5.54 Å². The molecule has 1 saturated heterocycles. The van der Waals surface area contributed by atoms with Crippen molar-refractivity contribution in [2.75, 3.05) is 25.0 Å². The molecule has 1 radical (unpaired) electrons. The Hall–Kier alpha value is -0.246. The molecule has 1 N–H and O–H groups in total. The van der Waals surface area contributed by atoms with Crippen molar-refractivity contribution in [3.8, 4) is 0 Å². The van der Waals surface area contributed by atoms with Gasteiger partial charge < -0.3 is 9.80 Å². The first-order valence-electron chi connectivity index (χ1n) is 9.70. The first kappa shape index (κ1) is 21.1. The van der Waals surface area contributed by atoms with Crippen LogP contribution >= 0.6 is 0 Å². The third kappa shape index (κ3) is 3.62. The van der Waals surface area contributed by atoms with Crippen LogP contribution in [0.15, 0.2) is 12.1 Å².